The predicted octanol–water partition coefficient (Wildman–Crippen LogP) is 2.66. The Hall–Kier alpha value is -2.82. The van der Waals surface area contributed by atoms with Crippen molar-refractivity contribution in [2.75, 3.05) is 5.32 Å². The summed E-state index contributed by atoms with van der Waals surface area (Å²) >= 11 is 0. The van der Waals surface area contributed by atoms with E-state index in [0.717, 1.165) is 5.56 Å². The van der Waals surface area contributed by atoms with Gasteiger partial charge in [-0.25, -0.2) is 0 Å². The molecule has 0 fully saturated rings. The molecule has 0 unspecified atom stereocenters. The van der Waals surface area contributed by atoms with Crippen LogP contribution in [0.5, 0.6) is 5.75 Å². The van der Waals surface area contributed by atoms with Crippen molar-refractivity contribution >= 4 is 17.6 Å². The van der Waals surface area contributed by atoms with Gasteiger partial charge in [0.1, 0.15) is 5.75 Å². The van der Waals surface area contributed by atoms with Gasteiger partial charge in [0.15, 0.2) is 0 Å². The number of aromatic hydroxyl groups is 1. The van der Waals surface area contributed by atoms with Crippen LogP contribution in [0.1, 0.15) is 22.3 Å². The summed E-state index contributed by atoms with van der Waals surface area (Å²) in [5.41, 5.74) is 1.48. The maximum Gasteiger partial charge on any atom is 0.303 e. The highest BCUT2D eigenvalue weighted by Crippen LogP contribution is 2.25. The van der Waals surface area contributed by atoms with Gasteiger partial charge in [-0.05, 0) is 36.2 Å². The highest BCUT2D eigenvalue weighted by atomic mass is 16.4. The molecule has 0 saturated carbocycles. The van der Waals surface area contributed by atoms with Gasteiger partial charge in [-0.3, -0.25) is 9.59 Å². The number of carbonyl (C=O) groups is 2. The molecule has 0 saturated heterocycles. The summed E-state index contributed by atoms with van der Waals surface area (Å²) in [6.07, 6.45) is 0.334. The third-order valence-corrected chi connectivity index (χ3v) is 2.97. The molecule has 2 aromatic rings. The molecule has 3 N–H and O–H groups in total. The molecular formula is C16H15NO4. The first-order chi connectivity index (χ1) is 10.1. The highest BCUT2D eigenvalue weighted by Gasteiger charge is 2.10. The molecule has 108 valence electrons. The van der Waals surface area contributed by atoms with Crippen LogP contribution >= 0.6 is 0 Å². The van der Waals surface area contributed by atoms with E-state index in [1.165, 1.54) is 6.07 Å². The number of aliphatic carboxylic acids is 1. The Balaban J connectivity index is 2.13. The maximum atomic E-state index is 12.0. The smallest absolute Gasteiger partial charge is 0.303 e. The van der Waals surface area contributed by atoms with Crippen LogP contribution in [0.4, 0.5) is 5.69 Å². The van der Waals surface area contributed by atoms with E-state index in [0.29, 0.717) is 12.0 Å². The van der Waals surface area contributed by atoms with Crippen LogP contribution < -0.4 is 5.32 Å². The second-order valence-corrected chi connectivity index (χ2v) is 4.57. The number of amides is 1. The standard InChI is InChI=1S/C16H15NO4/c18-14-8-6-11(7-9-15(19)20)10-13(14)17-16(21)12-4-2-1-3-5-12/h1-6,8,10,18H,7,9H2,(H,17,21)(H,19,20). The fraction of sp³-hybridized carbons (Fsp3) is 0.125. The van der Waals surface area contributed by atoms with Crippen molar-refractivity contribution in [1.82, 2.24) is 0 Å². The van der Waals surface area contributed by atoms with E-state index in [2.05, 4.69) is 5.32 Å². The highest BCUT2D eigenvalue weighted by molar-refractivity contribution is 6.05. The van der Waals surface area contributed by atoms with Gasteiger partial charge in [0.2, 0.25) is 0 Å². The van der Waals surface area contributed by atoms with Gasteiger partial charge in [-0.15, -0.1) is 0 Å². The van der Waals surface area contributed by atoms with Gasteiger partial charge >= 0.3 is 5.97 Å². The molecule has 0 aliphatic rings. The summed E-state index contributed by atoms with van der Waals surface area (Å²) in [6, 6.07) is 13.3. The molecule has 0 bridgehead atoms. The van der Waals surface area contributed by atoms with Crippen molar-refractivity contribution in [3.05, 3.63) is 59.7 Å². The van der Waals surface area contributed by atoms with Crippen LogP contribution in [0.15, 0.2) is 48.5 Å². The number of rotatable bonds is 5. The zero-order valence-corrected chi connectivity index (χ0v) is 11.2. The molecule has 2 rings (SSSR count). The predicted molar refractivity (Wildman–Crippen MR) is 78.5 cm³/mol. The number of carboxylic acid groups (broad SMARTS) is 1. The Labute approximate surface area is 121 Å². The lowest BCUT2D eigenvalue weighted by molar-refractivity contribution is -0.136. The largest absolute Gasteiger partial charge is 0.506 e. The van der Waals surface area contributed by atoms with Crippen molar-refractivity contribution in [3.63, 3.8) is 0 Å². The average Bonchev–Trinajstić information content (AvgIpc) is 2.48. The van der Waals surface area contributed by atoms with Crippen LogP contribution in [0.2, 0.25) is 0 Å². The number of nitrogens with one attached hydrogen (secondary N) is 1. The summed E-state index contributed by atoms with van der Waals surface area (Å²) < 4.78 is 0. The fourth-order valence-electron chi connectivity index (χ4n) is 1.87. The van der Waals surface area contributed by atoms with Crippen molar-refractivity contribution in [2.24, 2.45) is 0 Å². The summed E-state index contributed by atoms with van der Waals surface area (Å²) in [7, 11) is 0. The molecule has 0 atom stereocenters. The Kier molecular flexibility index (Phi) is 4.56. The molecule has 0 heterocycles. The second kappa shape index (κ2) is 6.56. The number of hydrogen-bond donors (Lipinski definition) is 3. The molecule has 0 aromatic heterocycles. The third kappa shape index (κ3) is 4.07. The quantitative estimate of drug-likeness (QED) is 0.737. The van der Waals surface area contributed by atoms with E-state index in [4.69, 9.17) is 5.11 Å². The van der Waals surface area contributed by atoms with E-state index < -0.39 is 5.97 Å². The van der Waals surface area contributed by atoms with E-state index in [-0.39, 0.29) is 23.8 Å². The molecule has 0 aliphatic carbocycles. The van der Waals surface area contributed by atoms with Crippen molar-refractivity contribution in [2.45, 2.75) is 12.8 Å². The van der Waals surface area contributed by atoms with E-state index >= 15 is 0 Å². The van der Waals surface area contributed by atoms with Gasteiger partial charge in [0, 0.05) is 12.0 Å². The lowest BCUT2D eigenvalue weighted by Gasteiger charge is -2.09. The number of anilines is 1. The summed E-state index contributed by atoms with van der Waals surface area (Å²) in [4.78, 5) is 22.6. The molecule has 1 amide bonds. The first-order valence-corrected chi connectivity index (χ1v) is 6.46. The number of carbonyl (C=O) groups excluding carboxylic acids is 1. The molecule has 0 aliphatic heterocycles. The number of carboxylic acids is 1. The van der Waals surface area contributed by atoms with E-state index in [1.807, 2.05) is 0 Å². The van der Waals surface area contributed by atoms with E-state index in [9.17, 15) is 14.7 Å². The SMILES string of the molecule is O=C(O)CCc1ccc(O)c(NC(=O)c2ccccc2)c1. The van der Waals surface area contributed by atoms with Crippen LogP contribution in [-0.4, -0.2) is 22.1 Å². The zero-order valence-electron chi connectivity index (χ0n) is 11.2. The molecule has 0 spiro atoms. The normalized spacial score (nSPS) is 10.1. The van der Waals surface area contributed by atoms with Crippen molar-refractivity contribution in [1.29, 1.82) is 0 Å². The average molecular weight is 285 g/mol. The molecule has 0 radical (unpaired) electrons. The fourth-order valence-corrected chi connectivity index (χ4v) is 1.87. The first-order valence-electron chi connectivity index (χ1n) is 6.46. The maximum absolute atomic E-state index is 12.0. The van der Waals surface area contributed by atoms with Gasteiger partial charge in [-0.1, -0.05) is 24.3 Å². The summed E-state index contributed by atoms with van der Waals surface area (Å²) in [5, 5.41) is 21.1. The number of benzene rings is 2. The van der Waals surface area contributed by atoms with Crippen LogP contribution in [0, 0.1) is 0 Å². The Morgan fingerprint density at radius 1 is 1.05 bits per heavy atom. The Morgan fingerprint density at radius 3 is 2.43 bits per heavy atom. The topological polar surface area (TPSA) is 86.6 Å². The van der Waals surface area contributed by atoms with Gasteiger partial charge in [0.25, 0.3) is 5.91 Å². The van der Waals surface area contributed by atoms with Crippen LogP contribution in [0.25, 0.3) is 0 Å². The number of hydrogen-bond acceptors (Lipinski definition) is 3. The summed E-state index contributed by atoms with van der Waals surface area (Å²) in [6.45, 7) is 0. The van der Waals surface area contributed by atoms with Crippen LogP contribution in [0.3, 0.4) is 0 Å². The van der Waals surface area contributed by atoms with Gasteiger partial charge < -0.3 is 15.5 Å². The van der Waals surface area contributed by atoms with E-state index in [1.54, 1.807) is 42.5 Å². The zero-order chi connectivity index (χ0) is 15.2. The summed E-state index contributed by atoms with van der Waals surface area (Å²) in [5.74, 6) is -1.28. The second-order valence-electron chi connectivity index (χ2n) is 4.57. The lowest BCUT2D eigenvalue weighted by atomic mass is 10.1. The molecule has 21 heavy (non-hydrogen) atoms. The minimum atomic E-state index is -0.891. The van der Waals surface area contributed by atoms with Crippen molar-refractivity contribution in [3.8, 4) is 5.75 Å². The van der Waals surface area contributed by atoms with Gasteiger partial charge in [0.05, 0.1) is 5.69 Å². The molecule has 5 nitrogen and oxygen atoms in total. The molecular weight excluding hydrogens is 270 g/mol. The van der Waals surface area contributed by atoms with Gasteiger partial charge in [-0.2, -0.15) is 0 Å². The monoisotopic (exact) mass is 285 g/mol. The minimum absolute atomic E-state index is 0.00313. The molecule has 2 aromatic carbocycles. The number of phenols is 1. The molecule has 5 heteroatoms. The van der Waals surface area contributed by atoms with Crippen molar-refractivity contribution < 1.29 is 19.8 Å². The van der Waals surface area contributed by atoms with Crippen LogP contribution in [-0.2, 0) is 11.2 Å². The third-order valence-electron chi connectivity index (χ3n) is 2.97. The lowest BCUT2D eigenvalue weighted by Crippen LogP contribution is -2.12. The number of aryl methyl sites for hydroxylation is 1. The number of phenolic OH excluding ortho intramolecular Hbond substituents is 1. The first kappa shape index (κ1) is 14.6. The Morgan fingerprint density at radius 2 is 1.76 bits per heavy atom. The minimum Gasteiger partial charge on any atom is -0.506 e. The Bertz CT molecular complexity index is 653.